The molecule has 1 aliphatic heterocycles. The van der Waals surface area contributed by atoms with Gasteiger partial charge in [0.25, 0.3) is 15.9 Å². The molecule has 0 spiro atoms. The molecule has 1 unspecified atom stereocenters. The smallest absolute Gasteiger partial charge is 0.269 e. The van der Waals surface area contributed by atoms with Crippen molar-refractivity contribution in [2.45, 2.75) is 51.1 Å². The fourth-order valence-corrected chi connectivity index (χ4v) is 6.08. The van der Waals surface area contributed by atoms with E-state index >= 15 is 0 Å². The average molecular weight is 554 g/mol. The average Bonchev–Trinajstić information content (AvgIpc) is 3.02. The Kier molecular flexibility index (Phi) is 9.03. The van der Waals surface area contributed by atoms with Crippen LogP contribution < -0.4 is 5.32 Å². The van der Waals surface area contributed by atoms with Crippen molar-refractivity contribution >= 4 is 50.9 Å². The standard InChI is InChI=1S/C25H29Cl2N3O5S/c1-4-21(24(32)28-14-16(2)3)29(15-18-19(26)9-7-10-20(18)27)23(31)12-13-30-25(33)17-8-5-6-11-22(17)36(30,34)35/h5-11,16,21H,4,12-15H2,1-3H3,(H,28,32). The van der Waals surface area contributed by atoms with Crippen LogP contribution in [0.15, 0.2) is 47.4 Å². The minimum atomic E-state index is -4.06. The maximum atomic E-state index is 13.5. The number of halogens is 2. The molecule has 2 aromatic rings. The molecular weight excluding hydrogens is 525 g/mol. The molecule has 0 saturated carbocycles. The molecule has 11 heteroatoms. The third-order valence-corrected chi connectivity index (χ3v) is 8.45. The normalized spacial score (nSPS) is 15.1. The summed E-state index contributed by atoms with van der Waals surface area (Å²) in [5.74, 6) is -1.31. The molecule has 2 aromatic carbocycles. The van der Waals surface area contributed by atoms with Gasteiger partial charge < -0.3 is 10.2 Å². The van der Waals surface area contributed by atoms with E-state index in [4.69, 9.17) is 23.2 Å². The van der Waals surface area contributed by atoms with Crippen LogP contribution in [-0.2, 0) is 26.2 Å². The Morgan fingerprint density at radius 1 is 1.06 bits per heavy atom. The SMILES string of the molecule is CCC(C(=O)NCC(C)C)N(Cc1c(Cl)cccc1Cl)C(=O)CCN1C(=O)c2ccccc2S1(=O)=O. The van der Waals surface area contributed by atoms with Crippen LogP contribution in [0.3, 0.4) is 0 Å². The second kappa shape index (κ2) is 11.6. The van der Waals surface area contributed by atoms with Gasteiger partial charge in [-0.25, -0.2) is 12.7 Å². The topological polar surface area (TPSA) is 104 Å². The number of fused-ring (bicyclic) bond motifs is 1. The minimum Gasteiger partial charge on any atom is -0.354 e. The molecular formula is C25H29Cl2N3O5S. The zero-order chi connectivity index (χ0) is 26.6. The van der Waals surface area contributed by atoms with Gasteiger partial charge in [0, 0.05) is 41.7 Å². The lowest BCUT2D eigenvalue weighted by atomic mass is 10.1. The first-order valence-electron chi connectivity index (χ1n) is 11.6. The Hall–Kier alpha value is -2.62. The minimum absolute atomic E-state index is 0.0497. The molecule has 1 atom stereocenters. The summed E-state index contributed by atoms with van der Waals surface area (Å²) in [4.78, 5) is 40.5. The first kappa shape index (κ1) is 28.0. The molecule has 3 amide bonds. The molecule has 3 rings (SSSR count). The Bertz CT molecular complexity index is 1250. The number of carbonyl (C=O) groups is 3. The molecule has 36 heavy (non-hydrogen) atoms. The van der Waals surface area contributed by atoms with Gasteiger partial charge in [-0.3, -0.25) is 14.4 Å². The lowest BCUT2D eigenvalue weighted by Crippen LogP contribution is -2.50. The van der Waals surface area contributed by atoms with E-state index in [9.17, 15) is 22.8 Å². The van der Waals surface area contributed by atoms with Crippen molar-refractivity contribution in [3.63, 3.8) is 0 Å². The lowest BCUT2D eigenvalue weighted by Gasteiger charge is -2.32. The van der Waals surface area contributed by atoms with Crippen molar-refractivity contribution in [2.75, 3.05) is 13.1 Å². The van der Waals surface area contributed by atoms with Gasteiger partial charge in [-0.1, -0.05) is 62.2 Å². The summed E-state index contributed by atoms with van der Waals surface area (Å²) >= 11 is 12.7. The second-order valence-electron chi connectivity index (χ2n) is 8.91. The lowest BCUT2D eigenvalue weighted by molar-refractivity contribution is -0.141. The number of sulfonamides is 1. The summed E-state index contributed by atoms with van der Waals surface area (Å²) in [5.41, 5.74) is 0.547. The number of hydrogen-bond donors (Lipinski definition) is 1. The van der Waals surface area contributed by atoms with Crippen LogP contribution in [0.2, 0.25) is 10.0 Å². The van der Waals surface area contributed by atoms with E-state index in [0.717, 1.165) is 0 Å². The Morgan fingerprint density at radius 2 is 1.69 bits per heavy atom. The van der Waals surface area contributed by atoms with Gasteiger partial charge in [0.15, 0.2) is 0 Å². The highest BCUT2D eigenvalue weighted by Gasteiger charge is 2.41. The maximum Gasteiger partial charge on any atom is 0.269 e. The van der Waals surface area contributed by atoms with Crippen LogP contribution in [0.4, 0.5) is 0 Å². The van der Waals surface area contributed by atoms with Gasteiger partial charge in [-0.15, -0.1) is 0 Å². The molecule has 1 heterocycles. The van der Waals surface area contributed by atoms with Crippen LogP contribution >= 0.6 is 23.2 Å². The zero-order valence-electron chi connectivity index (χ0n) is 20.3. The summed E-state index contributed by atoms with van der Waals surface area (Å²) in [6.45, 7) is 5.72. The van der Waals surface area contributed by atoms with Gasteiger partial charge >= 0.3 is 0 Å². The number of carbonyl (C=O) groups excluding carboxylic acids is 3. The maximum absolute atomic E-state index is 13.5. The second-order valence-corrected chi connectivity index (χ2v) is 11.6. The van der Waals surface area contributed by atoms with E-state index in [-0.39, 0.29) is 41.8 Å². The van der Waals surface area contributed by atoms with Crippen molar-refractivity contribution < 1.29 is 22.8 Å². The van der Waals surface area contributed by atoms with Crippen LogP contribution in [0.5, 0.6) is 0 Å². The number of benzene rings is 2. The summed E-state index contributed by atoms with van der Waals surface area (Å²) in [6, 6.07) is 10.0. The zero-order valence-corrected chi connectivity index (χ0v) is 22.7. The van der Waals surface area contributed by atoms with Crippen molar-refractivity contribution in [1.82, 2.24) is 14.5 Å². The van der Waals surface area contributed by atoms with Crippen LogP contribution in [-0.4, -0.2) is 54.5 Å². The van der Waals surface area contributed by atoms with Crippen LogP contribution in [0.25, 0.3) is 0 Å². The Balaban J connectivity index is 1.86. The molecule has 0 saturated heterocycles. The van der Waals surface area contributed by atoms with E-state index in [0.29, 0.717) is 32.9 Å². The number of hydrogen-bond acceptors (Lipinski definition) is 5. The molecule has 1 aliphatic rings. The van der Waals surface area contributed by atoms with E-state index in [1.54, 1.807) is 31.2 Å². The predicted molar refractivity (Wildman–Crippen MR) is 138 cm³/mol. The van der Waals surface area contributed by atoms with Crippen molar-refractivity contribution in [3.05, 3.63) is 63.6 Å². The Labute approximate surface area is 221 Å². The van der Waals surface area contributed by atoms with Crippen molar-refractivity contribution in [1.29, 1.82) is 0 Å². The molecule has 1 N–H and O–H groups in total. The molecule has 0 radical (unpaired) electrons. The Morgan fingerprint density at radius 3 is 2.28 bits per heavy atom. The summed E-state index contributed by atoms with van der Waals surface area (Å²) in [6.07, 6.45) is -0.000877. The van der Waals surface area contributed by atoms with E-state index in [2.05, 4.69) is 5.32 Å². The molecule has 8 nitrogen and oxygen atoms in total. The first-order valence-corrected chi connectivity index (χ1v) is 13.8. The highest BCUT2D eigenvalue weighted by molar-refractivity contribution is 7.90. The highest BCUT2D eigenvalue weighted by Crippen LogP contribution is 2.31. The quantitative estimate of drug-likeness (QED) is 0.476. The third kappa shape index (κ3) is 5.85. The fourth-order valence-electron chi connectivity index (χ4n) is 3.99. The number of amides is 3. The molecule has 194 valence electrons. The molecule has 0 aliphatic carbocycles. The van der Waals surface area contributed by atoms with Crippen LogP contribution in [0, 0.1) is 5.92 Å². The van der Waals surface area contributed by atoms with Gasteiger partial charge in [-0.05, 0) is 36.6 Å². The summed E-state index contributed by atoms with van der Waals surface area (Å²) in [7, 11) is -4.06. The predicted octanol–water partition coefficient (Wildman–Crippen LogP) is 4.11. The van der Waals surface area contributed by atoms with Crippen LogP contribution in [0.1, 0.15) is 49.5 Å². The van der Waals surface area contributed by atoms with Gasteiger partial charge in [0.1, 0.15) is 10.9 Å². The van der Waals surface area contributed by atoms with E-state index in [1.165, 1.54) is 23.1 Å². The largest absolute Gasteiger partial charge is 0.354 e. The van der Waals surface area contributed by atoms with Gasteiger partial charge in [0.2, 0.25) is 11.8 Å². The summed E-state index contributed by atoms with van der Waals surface area (Å²) in [5, 5.41) is 3.53. The molecule has 0 fully saturated rings. The van der Waals surface area contributed by atoms with Gasteiger partial charge in [-0.2, -0.15) is 0 Å². The number of nitrogens with one attached hydrogen (secondary N) is 1. The van der Waals surface area contributed by atoms with Gasteiger partial charge in [0.05, 0.1) is 5.56 Å². The van der Waals surface area contributed by atoms with E-state index < -0.39 is 27.9 Å². The summed E-state index contributed by atoms with van der Waals surface area (Å²) < 4.78 is 26.5. The number of nitrogens with zero attached hydrogens (tertiary/aromatic N) is 2. The van der Waals surface area contributed by atoms with Crippen molar-refractivity contribution in [2.24, 2.45) is 5.92 Å². The van der Waals surface area contributed by atoms with Crippen molar-refractivity contribution in [3.8, 4) is 0 Å². The first-order chi connectivity index (χ1) is 17.0. The monoisotopic (exact) mass is 553 g/mol. The molecule has 0 bridgehead atoms. The highest BCUT2D eigenvalue weighted by atomic mass is 35.5. The third-order valence-electron chi connectivity index (χ3n) is 5.90. The molecule has 0 aromatic heterocycles. The number of rotatable bonds is 10. The fraction of sp³-hybridized carbons (Fsp3) is 0.400. The van der Waals surface area contributed by atoms with E-state index in [1.807, 2.05) is 13.8 Å².